The second kappa shape index (κ2) is 8.73. The molecule has 1 amide bonds. The van der Waals surface area contributed by atoms with Crippen LogP contribution in [0.1, 0.15) is 41.9 Å². The van der Waals surface area contributed by atoms with Gasteiger partial charge in [-0.3, -0.25) is 9.79 Å². The highest BCUT2D eigenvalue weighted by atomic mass is 127. The number of hydrogen-bond donors (Lipinski definition) is 3. The summed E-state index contributed by atoms with van der Waals surface area (Å²) >= 11 is 0. The minimum absolute atomic E-state index is 0. The maximum Gasteiger partial charge on any atom is 0.232 e. The molecule has 0 saturated carbocycles. The van der Waals surface area contributed by atoms with Gasteiger partial charge in [-0.05, 0) is 60.9 Å². The predicted molar refractivity (Wildman–Crippen MR) is 121 cm³/mol. The molecule has 1 heterocycles. The molecule has 0 saturated heterocycles. The number of nitrogens with zero attached hydrogens (tertiary/aromatic N) is 1. The van der Waals surface area contributed by atoms with Crippen LogP contribution >= 0.6 is 24.0 Å². The second-order valence-corrected chi connectivity index (χ2v) is 6.96. The Balaban J connectivity index is 0.00000210. The van der Waals surface area contributed by atoms with Gasteiger partial charge in [0.15, 0.2) is 5.96 Å². The molecule has 2 aliphatic rings. The number of fused-ring (bicyclic) bond motifs is 2. The number of benzene rings is 2. The van der Waals surface area contributed by atoms with E-state index in [0.29, 0.717) is 18.9 Å². The summed E-state index contributed by atoms with van der Waals surface area (Å²) in [5.74, 6) is 0.313. The van der Waals surface area contributed by atoms with Gasteiger partial charge in [-0.2, -0.15) is 0 Å². The van der Waals surface area contributed by atoms with Gasteiger partial charge in [-0.15, -0.1) is 24.0 Å². The summed E-state index contributed by atoms with van der Waals surface area (Å²) in [7, 11) is 0. The Morgan fingerprint density at radius 2 is 1.96 bits per heavy atom. The van der Waals surface area contributed by atoms with E-state index in [9.17, 15) is 4.79 Å². The molecule has 142 valence electrons. The van der Waals surface area contributed by atoms with E-state index in [1.54, 1.807) is 0 Å². The lowest BCUT2D eigenvalue weighted by atomic mass is 9.90. The molecule has 0 radical (unpaired) electrons. The number of rotatable bonds is 4. The number of nitrogens with two attached hydrogens (primary N) is 1. The van der Waals surface area contributed by atoms with E-state index in [-0.39, 0.29) is 35.8 Å². The summed E-state index contributed by atoms with van der Waals surface area (Å²) in [6.07, 6.45) is 5.35. The number of aliphatic imine (C=N–C) groups is 1. The standard InChI is InChI=1S/C21H24N4O.HI/c22-21(25-18-11-5-7-14-6-1-2-8-15(14)18)23-13-12-17-16-9-3-4-10-19(16)24-20(17)26;/h3-5,7,9-11,17H,1-2,6,8,12-13H2,(H,24,26)(H3,22,23,25);1H. The van der Waals surface area contributed by atoms with Gasteiger partial charge in [0.25, 0.3) is 0 Å². The van der Waals surface area contributed by atoms with Crippen molar-refractivity contribution in [3.8, 4) is 0 Å². The van der Waals surface area contributed by atoms with Crippen molar-refractivity contribution < 1.29 is 4.79 Å². The molecule has 6 heteroatoms. The zero-order chi connectivity index (χ0) is 17.9. The summed E-state index contributed by atoms with van der Waals surface area (Å²) in [6, 6.07) is 14.2. The van der Waals surface area contributed by atoms with Crippen molar-refractivity contribution in [1.29, 1.82) is 0 Å². The number of halogens is 1. The molecule has 2 aromatic rings. The summed E-state index contributed by atoms with van der Waals surface area (Å²) in [5.41, 5.74) is 11.9. The molecule has 1 aliphatic heterocycles. The van der Waals surface area contributed by atoms with Gasteiger partial charge in [-0.25, -0.2) is 0 Å². The summed E-state index contributed by atoms with van der Waals surface area (Å²) < 4.78 is 0. The number of para-hydroxylation sites is 1. The minimum atomic E-state index is -0.146. The molecule has 0 bridgehead atoms. The Hall–Kier alpha value is -2.09. The number of guanidine groups is 1. The van der Waals surface area contributed by atoms with Gasteiger partial charge in [0.05, 0.1) is 5.92 Å². The summed E-state index contributed by atoms with van der Waals surface area (Å²) in [6.45, 7) is 0.514. The third kappa shape index (κ3) is 4.26. The Kier molecular flexibility index (Phi) is 6.36. The quantitative estimate of drug-likeness (QED) is 0.354. The average Bonchev–Trinajstić information content (AvgIpc) is 2.98. The Morgan fingerprint density at radius 1 is 1.15 bits per heavy atom. The van der Waals surface area contributed by atoms with Crippen molar-refractivity contribution >= 4 is 47.2 Å². The van der Waals surface area contributed by atoms with Crippen LogP contribution in [0, 0.1) is 0 Å². The van der Waals surface area contributed by atoms with Crippen LogP contribution in [0.2, 0.25) is 0 Å². The number of aryl methyl sites for hydroxylation is 1. The van der Waals surface area contributed by atoms with Crippen LogP contribution in [-0.2, 0) is 17.6 Å². The van der Waals surface area contributed by atoms with E-state index < -0.39 is 0 Å². The van der Waals surface area contributed by atoms with Gasteiger partial charge < -0.3 is 16.4 Å². The van der Waals surface area contributed by atoms with Gasteiger partial charge in [0.2, 0.25) is 5.91 Å². The molecular weight excluding hydrogens is 451 g/mol. The Labute approximate surface area is 176 Å². The van der Waals surface area contributed by atoms with Crippen molar-refractivity contribution in [3.05, 3.63) is 59.2 Å². The number of carbonyl (C=O) groups is 1. The highest BCUT2D eigenvalue weighted by Gasteiger charge is 2.29. The third-order valence-electron chi connectivity index (χ3n) is 5.27. The van der Waals surface area contributed by atoms with Crippen molar-refractivity contribution in [2.45, 2.75) is 38.0 Å². The van der Waals surface area contributed by atoms with E-state index in [0.717, 1.165) is 29.8 Å². The van der Waals surface area contributed by atoms with Crippen LogP contribution in [0.4, 0.5) is 11.4 Å². The highest BCUT2D eigenvalue weighted by Crippen LogP contribution is 2.34. The fourth-order valence-corrected chi connectivity index (χ4v) is 3.95. The van der Waals surface area contributed by atoms with Gasteiger partial charge in [-0.1, -0.05) is 30.3 Å². The topological polar surface area (TPSA) is 79.5 Å². The van der Waals surface area contributed by atoms with Crippen LogP contribution < -0.4 is 16.4 Å². The predicted octanol–water partition coefficient (Wildman–Crippen LogP) is 4.04. The lowest BCUT2D eigenvalue weighted by molar-refractivity contribution is -0.117. The molecule has 2 aromatic carbocycles. The van der Waals surface area contributed by atoms with Crippen LogP contribution in [0.25, 0.3) is 0 Å². The zero-order valence-electron chi connectivity index (χ0n) is 15.2. The van der Waals surface area contributed by atoms with Crippen LogP contribution in [-0.4, -0.2) is 18.4 Å². The SMILES string of the molecule is I.NC(=NCCC1C(=O)Nc2ccccc21)Nc1cccc2c1CCCC2. The first-order valence-corrected chi connectivity index (χ1v) is 9.30. The smallest absolute Gasteiger partial charge is 0.232 e. The van der Waals surface area contributed by atoms with E-state index in [4.69, 9.17) is 5.73 Å². The van der Waals surface area contributed by atoms with Crippen molar-refractivity contribution in [2.24, 2.45) is 10.7 Å². The number of nitrogens with one attached hydrogen (secondary N) is 2. The van der Waals surface area contributed by atoms with Crippen molar-refractivity contribution in [2.75, 3.05) is 17.2 Å². The van der Waals surface area contributed by atoms with Crippen molar-refractivity contribution in [1.82, 2.24) is 0 Å². The van der Waals surface area contributed by atoms with E-state index >= 15 is 0 Å². The first-order chi connectivity index (χ1) is 12.7. The lowest BCUT2D eigenvalue weighted by Gasteiger charge is -2.19. The molecule has 1 aliphatic carbocycles. The molecule has 0 fully saturated rings. The third-order valence-corrected chi connectivity index (χ3v) is 5.27. The van der Waals surface area contributed by atoms with Gasteiger partial charge in [0, 0.05) is 17.9 Å². The maximum atomic E-state index is 12.2. The Bertz CT molecular complexity index is 865. The number of hydrogen-bond acceptors (Lipinski definition) is 2. The van der Waals surface area contributed by atoms with Crippen LogP contribution in [0.3, 0.4) is 0 Å². The highest BCUT2D eigenvalue weighted by molar-refractivity contribution is 14.0. The lowest BCUT2D eigenvalue weighted by Crippen LogP contribution is -2.24. The monoisotopic (exact) mass is 476 g/mol. The molecule has 0 spiro atoms. The molecule has 1 atom stereocenters. The van der Waals surface area contributed by atoms with E-state index in [1.807, 2.05) is 24.3 Å². The van der Waals surface area contributed by atoms with Gasteiger partial charge >= 0.3 is 0 Å². The molecule has 4 N–H and O–H groups in total. The number of anilines is 2. The first-order valence-electron chi connectivity index (χ1n) is 9.30. The normalized spacial score (nSPS) is 18.1. The van der Waals surface area contributed by atoms with Crippen molar-refractivity contribution in [3.63, 3.8) is 0 Å². The second-order valence-electron chi connectivity index (χ2n) is 6.96. The fraction of sp³-hybridized carbons (Fsp3) is 0.333. The molecular formula is C21H25IN4O. The van der Waals surface area contributed by atoms with Crippen LogP contribution in [0.15, 0.2) is 47.5 Å². The summed E-state index contributed by atoms with van der Waals surface area (Å²) in [5, 5.41) is 6.18. The van der Waals surface area contributed by atoms with Gasteiger partial charge in [0.1, 0.15) is 0 Å². The molecule has 0 aromatic heterocycles. The van der Waals surface area contributed by atoms with E-state index in [2.05, 4.69) is 33.8 Å². The fourth-order valence-electron chi connectivity index (χ4n) is 3.95. The first kappa shape index (κ1) is 19.7. The number of amides is 1. The van der Waals surface area contributed by atoms with Crippen LogP contribution in [0.5, 0.6) is 0 Å². The largest absolute Gasteiger partial charge is 0.370 e. The maximum absolute atomic E-state index is 12.2. The Morgan fingerprint density at radius 3 is 2.85 bits per heavy atom. The number of carbonyl (C=O) groups excluding carboxylic acids is 1. The summed E-state index contributed by atoms with van der Waals surface area (Å²) in [4.78, 5) is 16.6. The van der Waals surface area contributed by atoms with E-state index in [1.165, 1.54) is 24.0 Å². The molecule has 1 unspecified atom stereocenters. The molecule has 4 rings (SSSR count). The minimum Gasteiger partial charge on any atom is -0.370 e. The zero-order valence-corrected chi connectivity index (χ0v) is 17.5. The average molecular weight is 476 g/mol. The molecule has 27 heavy (non-hydrogen) atoms. The molecule has 5 nitrogen and oxygen atoms in total.